The van der Waals surface area contributed by atoms with Crippen LogP contribution in [0.5, 0.6) is 0 Å². The quantitative estimate of drug-likeness (QED) is 0.340. The van der Waals surface area contributed by atoms with Crippen LogP contribution in [0.25, 0.3) is 0 Å². The molecule has 32 heavy (non-hydrogen) atoms. The number of hydrogen-bond acceptors (Lipinski definition) is 9. The Morgan fingerprint density at radius 1 is 1.28 bits per heavy atom. The van der Waals surface area contributed by atoms with Gasteiger partial charge in [0.2, 0.25) is 0 Å². The minimum Gasteiger partial charge on any atom is -0.394 e. The first-order valence-corrected chi connectivity index (χ1v) is 11.7. The Balaban J connectivity index is 1.77. The van der Waals surface area contributed by atoms with E-state index in [1.165, 1.54) is 12.3 Å². The summed E-state index contributed by atoms with van der Waals surface area (Å²) in [5.41, 5.74) is -2.00. The maximum absolute atomic E-state index is 12.6. The summed E-state index contributed by atoms with van der Waals surface area (Å²) >= 11 is 0. The molecule has 3 rings (SSSR count). The Morgan fingerprint density at radius 3 is 2.38 bits per heavy atom. The summed E-state index contributed by atoms with van der Waals surface area (Å²) in [6.07, 6.45) is -3.41. The zero-order valence-electron chi connectivity index (χ0n) is 18.3. The minimum atomic E-state index is -4.98. The maximum Gasteiger partial charge on any atom is 0.470 e. The van der Waals surface area contributed by atoms with Crippen molar-refractivity contribution in [3.63, 3.8) is 0 Å². The number of aromatic nitrogens is 2. The number of piperidine rings is 1. The molecule has 2 aliphatic rings. The fourth-order valence-electron chi connectivity index (χ4n) is 4.65. The van der Waals surface area contributed by atoms with Gasteiger partial charge in [-0.05, 0) is 46.6 Å². The third kappa shape index (κ3) is 5.22. The molecule has 0 saturated carbocycles. The lowest BCUT2D eigenvalue weighted by Gasteiger charge is -2.50. The van der Waals surface area contributed by atoms with Crippen LogP contribution in [0.2, 0.25) is 0 Å². The molecule has 2 saturated heterocycles. The molecule has 13 nitrogen and oxygen atoms in total. The first-order chi connectivity index (χ1) is 14.6. The Morgan fingerprint density at radius 2 is 1.88 bits per heavy atom. The number of rotatable bonds is 6. The van der Waals surface area contributed by atoms with Crippen LogP contribution < -0.4 is 11.0 Å². The van der Waals surface area contributed by atoms with E-state index in [4.69, 9.17) is 14.5 Å². The lowest BCUT2D eigenvalue weighted by molar-refractivity contribution is -0.288. The predicted octanol–water partition coefficient (Wildman–Crippen LogP) is -0.249. The fraction of sp³-hybridized carbons (Fsp3) is 0.778. The number of anilines is 1. The van der Waals surface area contributed by atoms with Crippen molar-refractivity contribution in [2.24, 2.45) is 0 Å². The number of hydroxylamine groups is 2. The molecule has 5 N–H and O–H groups in total. The van der Waals surface area contributed by atoms with E-state index in [0.717, 1.165) is 9.63 Å². The number of ether oxygens (including phenoxy) is 1. The first-order valence-electron chi connectivity index (χ1n) is 10.2. The number of aliphatic hydroxyl groups excluding tert-OH is 2. The van der Waals surface area contributed by atoms with E-state index in [0.29, 0.717) is 12.8 Å². The SMILES string of the molecule is CC1(C)CC(Nc2ccn([C@@H]3O[C@H](CO)[C@@H](OP(=O)(O)O)[C@H]3O)c(=O)n2)CC(C)(C)N1[O]. The van der Waals surface area contributed by atoms with Crippen LogP contribution in [-0.4, -0.2) is 76.7 Å². The average molecular weight is 477 g/mol. The Kier molecular flexibility index (Phi) is 6.89. The van der Waals surface area contributed by atoms with E-state index in [-0.39, 0.29) is 11.9 Å². The van der Waals surface area contributed by atoms with Gasteiger partial charge in [0.15, 0.2) is 6.23 Å². The van der Waals surface area contributed by atoms with Gasteiger partial charge in [-0.2, -0.15) is 4.98 Å². The van der Waals surface area contributed by atoms with Gasteiger partial charge in [-0.3, -0.25) is 9.09 Å². The van der Waals surface area contributed by atoms with Gasteiger partial charge in [0.05, 0.1) is 6.61 Å². The molecule has 1 aromatic rings. The van der Waals surface area contributed by atoms with Crippen molar-refractivity contribution in [1.29, 1.82) is 0 Å². The van der Waals surface area contributed by atoms with Gasteiger partial charge in [-0.1, -0.05) is 0 Å². The lowest BCUT2D eigenvalue weighted by Crippen LogP contribution is -2.60. The molecule has 3 heterocycles. The summed E-state index contributed by atoms with van der Waals surface area (Å²) in [7, 11) is -4.98. The molecule has 0 spiro atoms. The van der Waals surface area contributed by atoms with Crippen LogP contribution in [0.4, 0.5) is 5.82 Å². The number of nitrogens with zero attached hydrogens (tertiary/aromatic N) is 3. The molecule has 0 bridgehead atoms. The second-order valence-electron chi connectivity index (χ2n) is 9.47. The first kappa shape index (κ1) is 25.2. The highest BCUT2D eigenvalue weighted by molar-refractivity contribution is 7.46. The van der Waals surface area contributed by atoms with E-state index in [9.17, 15) is 24.8 Å². The second kappa shape index (κ2) is 8.75. The second-order valence-corrected chi connectivity index (χ2v) is 10.7. The van der Waals surface area contributed by atoms with Crippen LogP contribution in [0.3, 0.4) is 0 Å². The third-order valence-electron chi connectivity index (χ3n) is 5.80. The normalized spacial score (nSPS) is 31.0. The summed E-state index contributed by atoms with van der Waals surface area (Å²) < 4.78 is 22.0. The lowest BCUT2D eigenvalue weighted by atomic mass is 9.79. The van der Waals surface area contributed by atoms with Crippen LogP contribution in [0, 0.1) is 0 Å². The molecule has 0 aliphatic carbocycles. The van der Waals surface area contributed by atoms with E-state index >= 15 is 0 Å². The van der Waals surface area contributed by atoms with Crippen molar-refractivity contribution >= 4 is 13.6 Å². The standard InChI is InChI=1S/C18H30N4O9P/c1-17(2)7-10(8-18(3,4)22(17)26)19-12-5-6-21(16(25)20-12)15-13(24)14(11(9-23)30-15)31-32(27,28)29/h5-6,10-11,13-15,23-24H,7-9H2,1-4H3,(H,19,20,25)(H2,27,28,29)/t11-,13-,14-,15-/m1/s1. The maximum atomic E-state index is 12.6. The van der Waals surface area contributed by atoms with Crippen LogP contribution in [0.15, 0.2) is 17.1 Å². The summed E-state index contributed by atoms with van der Waals surface area (Å²) in [6.45, 7) is 6.73. The Hall–Kier alpha value is -1.41. The van der Waals surface area contributed by atoms with Crippen molar-refractivity contribution in [3.05, 3.63) is 22.7 Å². The van der Waals surface area contributed by atoms with Gasteiger partial charge >= 0.3 is 13.5 Å². The van der Waals surface area contributed by atoms with Gasteiger partial charge in [-0.15, -0.1) is 10.3 Å². The summed E-state index contributed by atoms with van der Waals surface area (Å²) in [5.74, 6) is 0.274. The van der Waals surface area contributed by atoms with E-state index < -0.39 is 55.7 Å². The molecule has 0 aromatic carbocycles. The molecule has 1 radical (unpaired) electrons. The Bertz CT molecular complexity index is 915. The summed E-state index contributed by atoms with van der Waals surface area (Å²) in [4.78, 5) is 34.6. The van der Waals surface area contributed by atoms with Gasteiger partial charge in [-0.25, -0.2) is 9.36 Å². The highest BCUT2D eigenvalue weighted by atomic mass is 31.2. The fourth-order valence-corrected chi connectivity index (χ4v) is 5.22. The van der Waals surface area contributed by atoms with Crippen molar-refractivity contribution in [2.45, 2.75) is 82.2 Å². The minimum absolute atomic E-state index is 0.110. The molecular weight excluding hydrogens is 447 g/mol. The molecule has 2 fully saturated rings. The smallest absolute Gasteiger partial charge is 0.394 e. The largest absolute Gasteiger partial charge is 0.470 e. The predicted molar refractivity (Wildman–Crippen MR) is 110 cm³/mol. The van der Waals surface area contributed by atoms with Gasteiger partial charge in [0.25, 0.3) is 0 Å². The Labute approximate surface area is 184 Å². The van der Waals surface area contributed by atoms with Crippen LogP contribution in [-0.2, 0) is 19.0 Å². The molecular formula is C18H30N4O9P. The molecule has 181 valence electrons. The van der Waals surface area contributed by atoms with Crippen molar-refractivity contribution in [3.8, 4) is 0 Å². The molecule has 2 aliphatic heterocycles. The highest BCUT2D eigenvalue weighted by Gasteiger charge is 2.49. The van der Waals surface area contributed by atoms with E-state index in [1.54, 1.807) is 0 Å². The molecule has 0 amide bonds. The third-order valence-corrected chi connectivity index (χ3v) is 6.31. The zero-order chi connectivity index (χ0) is 24.1. The number of phosphoric ester groups is 1. The summed E-state index contributed by atoms with van der Waals surface area (Å²) in [6, 6.07) is 1.38. The summed E-state index contributed by atoms with van der Waals surface area (Å²) in [5, 5.41) is 36.6. The van der Waals surface area contributed by atoms with Crippen molar-refractivity contribution in [1.82, 2.24) is 14.6 Å². The number of aliphatic hydroxyl groups is 2. The van der Waals surface area contributed by atoms with Crippen LogP contribution in [0.1, 0.15) is 46.8 Å². The van der Waals surface area contributed by atoms with Gasteiger partial charge in [0, 0.05) is 23.3 Å². The molecule has 14 heteroatoms. The van der Waals surface area contributed by atoms with Gasteiger partial charge in [0.1, 0.15) is 24.1 Å². The number of hydrogen-bond donors (Lipinski definition) is 5. The molecule has 4 atom stereocenters. The zero-order valence-corrected chi connectivity index (χ0v) is 19.2. The topological polar surface area (TPSA) is 187 Å². The molecule has 1 aromatic heterocycles. The number of phosphoric acid groups is 1. The van der Waals surface area contributed by atoms with Crippen molar-refractivity contribution < 1.29 is 39.0 Å². The number of nitrogens with one attached hydrogen (secondary N) is 1. The van der Waals surface area contributed by atoms with E-state index in [2.05, 4.69) is 14.8 Å². The molecule has 0 unspecified atom stereocenters. The average Bonchev–Trinajstić information content (AvgIpc) is 2.94. The van der Waals surface area contributed by atoms with E-state index in [1.807, 2.05) is 27.7 Å². The van der Waals surface area contributed by atoms with Crippen LogP contribution >= 0.6 is 7.82 Å². The highest BCUT2D eigenvalue weighted by Crippen LogP contribution is 2.43. The van der Waals surface area contributed by atoms with Crippen molar-refractivity contribution in [2.75, 3.05) is 11.9 Å². The van der Waals surface area contributed by atoms with Gasteiger partial charge < -0.3 is 30.1 Å². The monoisotopic (exact) mass is 477 g/mol.